The molecule has 0 atom stereocenters. The van der Waals surface area contributed by atoms with Gasteiger partial charge in [0.25, 0.3) is 0 Å². The summed E-state index contributed by atoms with van der Waals surface area (Å²) in [6, 6.07) is 0. The van der Waals surface area contributed by atoms with Crippen LogP contribution in [-0.4, -0.2) is 11.6 Å². The molecule has 0 radical (unpaired) electrons. The van der Waals surface area contributed by atoms with E-state index in [4.69, 9.17) is 0 Å². The normalized spacial score (nSPS) is 21.9. The van der Waals surface area contributed by atoms with Gasteiger partial charge in [0.1, 0.15) is 0 Å². The molecule has 3 heteroatoms. The van der Waals surface area contributed by atoms with Crippen LogP contribution in [0.2, 0.25) is 0 Å². The zero-order valence-corrected chi connectivity index (χ0v) is 9.18. The first-order valence-electron chi connectivity index (χ1n) is 5.54. The van der Waals surface area contributed by atoms with Gasteiger partial charge in [0.15, 0.2) is 0 Å². The Morgan fingerprint density at radius 2 is 2.14 bits per heavy atom. The lowest BCUT2D eigenvalue weighted by Gasteiger charge is -2.22. The molecule has 1 saturated carbocycles. The molecule has 3 nitrogen and oxygen atoms in total. The molecule has 1 aliphatic rings. The van der Waals surface area contributed by atoms with E-state index >= 15 is 0 Å². The van der Waals surface area contributed by atoms with Crippen molar-refractivity contribution in [3.05, 3.63) is 0 Å². The lowest BCUT2D eigenvalue weighted by atomic mass is 9.85. The number of hydrogen-bond acceptors (Lipinski definition) is 2. The van der Waals surface area contributed by atoms with Crippen LogP contribution in [0.4, 0.5) is 0 Å². The van der Waals surface area contributed by atoms with Crippen LogP contribution in [0.1, 0.15) is 52.4 Å². The van der Waals surface area contributed by atoms with Gasteiger partial charge in [-0.05, 0) is 31.6 Å². The maximum absolute atomic E-state index is 10.6. The Bertz CT molecular complexity index is 213. The van der Waals surface area contributed by atoms with Crippen LogP contribution in [0.5, 0.6) is 0 Å². The summed E-state index contributed by atoms with van der Waals surface area (Å²) in [4.78, 5) is 10.6. The van der Waals surface area contributed by atoms with Gasteiger partial charge in [-0.3, -0.25) is 4.79 Å². The third-order valence-corrected chi connectivity index (χ3v) is 2.75. The van der Waals surface area contributed by atoms with Gasteiger partial charge in [0.2, 0.25) is 5.91 Å². The van der Waals surface area contributed by atoms with Gasteiger partial charge < -0.3 is 0 Å². The van der Waals surface area contributed by atoms with Crippen LogP contribution >= 0.6 is 0 Å². The predicted octanol–water partition coefficient (Wildman–Crippen LogP) is 2.47. The summed E-state index contributed by atoms with van der Waals surface area (Å²) < 4.78 is 0. The highest BCUT2D eigenvalue weighted by Gasteiger charge is 2.16. The molecule has 1 aliphatic carbocycles. The highest BCUT2D eigenvalue weighted by atomic mass is 16.2. The van der Waals surface area contributed by atoms with E-state index in [0.29, 0.717) is 0 Å². The summed E-state index contributed by atoms with van der Waals surface area (Å²) in [5, 5.41) is 4.09. The average Bonchev–Trinajstić information content (AvgIpc) is 2.17. The Kier molecular flexibility index (Phi) is 4.63. The monoisotopic (exact) mass is 196 g/mol. The Hall–Kier alpha value is -0.860. The second kappa shape index (κ2) is 5.78. The number of nitrogens with zero attached hydrogens (tertiary/aromatic N) is 1. The van der Waals surface area contributed by atoms with Gasteiger partial charge in [-0.25, -0.2) is 5.43 Å². The minimum absolute atomic E-state index is 0.0758. The van der Waals surface area contributed by atoms with E-state index in [0.717, 1.165) is 24.5 Å². The molecule has 0 spiro atoms. The molecule has 0 aromatic carbocycles. The number of nitrogens with one attached hydrogen (secondary N) is 1. The van der Waals surface area contributed by atoms with Crippen molar-refractivity contribution in [3.63, 3.8) is 0 Å². The van der Waals surface area contributed by atoms with Crippen LogP contribution in [0.3, 0.4) is 0 Å². The summed E-state index contributed by atoms with van der Waals surface area (Å²) in [6.45, 7) is 3.73. The summed E-state index contributed by atoms with van der Waals surface area (Å²) in [5.74, 6) is 0.810. The molecule has 0 aromatic heterocycles. The summed E-state index contributed by atoms with van der Waals surface area (Å²) >= 11 is 0. The molecule has 14 heavy (non-hydrogen) atoms. The molecule has 0 heterocycles. The van der Waals surface area contributed by atoms with Gasteiger partial charge in [-0.1, -0.05) is 19.8 Å². The largest absolute Gasteiger partial charge is 0.274 e. The van der Waals surface area contributed by atoms with Gasteiger partial charge in [0.05, 0.1) is 0 Å². The second-order valence-corrected chi connectivity index (χ2v) is 4.08. The minimum atomic E-state index is -0.0758. The minimum Gasteiger partial charge on any atom is -0.274 e. The molecule has 0 unspecified atom stereocenters. The van der Waals surface area contributed by atoms with E-state index in [1.165, 1.54) is 32.6 Å². The highest BCUT2D eigenvalue weighted by Crippen LogP contribution is 2.25. The molecule has 0 aliphatic heterocycles. The number of hydrogen-bond donors (Lipinski definition) is 1. The number of hydrazone groups is 1. The summed E-state index contributed by atoms with van der Waals surface area (Å²) in [7, 11) is 0. The average molecular weight is 196 g/mol. The van der Waals surface area contributed by atoms with Crippen molar-refractivity contribution in [3.8, 4) is 0 Å². The molecule has 0 aromatic rings. The molecular formula is C11H20N2O. The quantitative estimate of drug-likeness (QED) is 0.692. The van der Waals surface area contributed by atoms with Crippen molar-refractivity contribution in [2.45, 2.75) is 52.4 Å². The van der Waals surface area contributed by atoms with Crippen molar-refractivity contribution in [2.24, 2.45) is 11.0 Å². The van der Waals surface area contributed by atoms with Gasteiger partial charge in [-0.2, -0.15) is 5.10 Å². The van der Waals surface area contributed by atoms with Crippen LogP contribution in [0.25, 0.3) is 0 Å². The Morgan fingerprint density at radius 1 is 1.50 bits per heavy atom. The number of amides is 1. The van der Waals surface area contributed by atoms with Crippen LogP contribution < -0.4 is 5.43 Å². The number of carbonyl (C=O) groups is 1. The van der Waals surface area contributed by atoms with E-state index < -0.39 is 0 Å². The molecule has 1 N–H and O–H groups in total. The van der Waals surface area contributed by atoms with Gasteiger partial charge >= 0.3 is 0 Å². The number of carbonyl (C=O) groups excluding carboxylic acids is 1. The smallest absolute Gasteiger partial charge is 0.236 e. The third-order valence-electron chi connectivity index (χ3n) is 2.75. The first kappa shape index (κ1) is 11.2. The zero-order chi connectivity index (χ0) is 10.4. The lowest BCUT2D eigenvalue weighted by Crippen LogP contribution is -2.20. The van der Waals surface area contributed by atoms with Crippen molar-refractivity contribution >= 4 is 11.6 Å². The van der Waals surface area contributed by atoms with E-state index in [1.807, 2.05) is 0 Å². The Labute approximate surface area is 86.0 Å². The lowest BCUT2D eigenvalue weighted by molar-refractivity contribution is -0.118. The zero-order valence-electron chi connectivity index (χ0n) is 9.18. The maximum atomic E-state index is 10.6. The molecular weight excluding hydrogens is 176 g/mol. The molecule has 0 bridgehead atoms. The third kappa shape index (κ3) is 3.90. The highest BCUT2D eigenvalue weighted by molar-refractivity contribution is 5.86. The van der Waals surface area contributed by atoms with E-state index in [-0.39, 0.29) is 5.91 Å². The van der Waals surface area contributed by atoms with E-state index in [1.54, 1.807) is 0 Å². The molecule has 1 fully saturated rings. The Balaban J connectivity index is 2.28. The van der Waals surface area contributed by atoms with Gasteiger partial charge in [-0.15, -0.1) is 0 Å². The summed E-state index contributed by atoms with van der Waals surface area (Å²) in [6.07, 6.45) is 7.23. The van der Waals surface area contributed by atoms with Crippen LogP contribution in [-0.2, 0) is 4.79 Å². The second-order valence-electron chi connectivity index (χ2n) is 4.08. The van der Waals surface area contributed by atoms with Crippen molar-refractivity contribution < 1.29 is 4.79 Å². The number of rotatable bonds is 3. The standard InChI is InChI=1S/C11H20N2O/c1-3-4-10-5-7-11(8-6-10)13-12-9(2)14/h10H,3-8H2,1-2H3,(H,12,14). The SMILES string of the molecule is CCCC1CCC(=NNC(C)=O)CC1. The van der Waals surface area contributed by atoms with Crippen molar-refractivity contribution in [2.75, 3.05) is 0 Å². The van der Waals surface area contributed by atoms with Gasteiger partial charge in [0, 0.05) is 12.6 Å². The molecule has 1 rings (SSSR count). The molecule has 0 saturated heterocycles. The fourth-order valence-corrected chi connectivity index (χ4v) is 1.98. The Morgan fingerprint density at radius 3 is 2.64 bits per heavy atom. The predicted molar refractivity (Wildman–Crippen MR) is 58.1 cm³/mol. The van der Waals surface area contributed by atoms with E-state index in [9.17, 15) is 4.79 Å². The first-order valence-corrected chi connectivity index (χ1v) is 5.54. The maximum Gasteiger partial charge on any atom is 0.236 e. The topological polar surface area (TPSA) is 41.5 Å². The summed E-state index contributed by atoms with van der Waals surface area (Å²) in [5.41, 5.74) is 3.67. The first-order chi connectivity index (χ1) is 6.72. The van der Waals surface area contributed by atoms with Crippen LogP contribution in [0.15, 0.2) is 5.10 Å². The van der Waals surface area contributed by atoms with Crippen LogP contribution in [0, 0.1) is 5.92 Å². The van der Waals surface area contributed by atoms with Crippen molar-refractivity contribution in [1.29, 1.82) is 0 Å². The van der Waals surface area contributed by atoms with Crippen molar-refractivity contribution in [1.82, 2.24) is 5.43 Å². The molecule has 80 valence electrons. The fraction of sp³-hybridized carbons (Fsp3) is 0.818. The fourth-order valence-electron chi connectivity index (χ4n) is 1.98. The van der Waals surface area contributed by atoms with E-state index in [2.05, 4.69) is 17.5 Å². The molecule has 1 amide bonds.